The van der Waals surface area contributed by atoms with E-state index < -0.39 is 5.54 Å². The molecule has 5 heteroatoms. The van der Waals surface area contributed by atoms with E-state index in [2.05, 4.69) is 11.4 Å². The number of ether oxygens (including phenoxy) is 1. The molecule has 0 bridgehead atoms. The highest BCUT2D eigenvalue weighted by Crippen LogP contribution is 2.16. The van der Waals surface area contributed by atoms with E-state index in [1.165, 1.54) is 0 Å². The molecule has 0 aliphatic heterocycles. The van der Waals surface area contributed by atoms with E-state index in [0.717, 1.165) is 0 Å². The zero-order valence-corrected chi connectivity index (χ0v) is 11.8. The van der Waals surface area contributed by atoms with Crippen LogP contribution in [-0.4, -0.2) is 18.1 Å². The number of halogens is 1. The molecule has 102 valence electrons. The molecule has 19 heavy (non-hydrogen) atoms. The van der Waals surface area contributed by atoms with E-state index in [1.54, 1.807) is 24.3 Å². The minimum absolute atomic E-state index is 0.120. The van der Waals surface area contributed by atoms with Gasteiger partial charge in [-0.2, -0.15) is 5.26 Å². The van der Waals surface area contributed by atoms with Crippen molar-refractivity contribution in [2.24, 2.45) is 0 Å². The first kappa shape index (κ1) is 15.3. The van der Waals surface area contributed by atoms with Gasteiger partial charge in [0.25, 0.3) is 5.91 Å². The Morgan fingerprint density at radius 3 is 2.42 bits per heavy atom. The zero-order valence-electron chi connectivity index (χ0n) is 11.1. The lowest BCUT2D eigenvalue weighted by Gasteiger charge is -2.24. The van der Waals surface area contributed by atoms with Crippen LogP contribution >= 0.6 is 11.6 Å². The van der Waals surface area contributed by atoms with Gasteiger partial charge in [0.2, 0.25) is 0 Å². The summed E-state index contributed by atoms with van der Waals surface area (Å²) in [5, 5.41) is 12.4. The van der Waals surface area contributed by atoms with E-state index in [-0.39, 0.29) is 12.5 Å². The highest BCUT2D eigenvalue weighted by atomic mass is 35.5. The van der Waals surface area contributed by atoms with Crippen LogP contribution in [0.3, 0.4) is 0 Å². The van der Waals surface area contributed by atoms with E-state index in [4.69, 9.17) is 21.6 Å². The molecule has 1 amide bonds. The molecule has 0 saturated carbocycles. The van der Waals surface area contributed by atoms with Gasteiger partial charge in [0.15, 0.2) is 6.61 Å². The van der Waals surface area contributed by atoms with Crippen LogP contribution in [-0.2, 0) is 4.79 Å². The number of amides is 1. The molecule has 0 aromatic heterocycles. The average Bonchev–Trinajstić information content (AvgIpc) is 2.44. The Hall–Kier alpha value is -1.73. The molecule has 0 aliphatic rings. The fraction of sp³-hybridized carbons (Fsp3) is 0.429. The van der Waals surface area contributed by atoms with Crippen LogP contribution < -0.4 is 10.1 Å². The Balaban J connectivity index is 2.52. The zero-order chi connectivity index (χ0) is 14.3. The second-order valence-electron chi connectivity index (χ2n) is 4.19. The van der Waals surface area contributed by atoms with E-state index in [0.29, 0.717) is 23.6 Å². The van der Waals surface area contributed by atoms with Crippen molar-refractivity contribution in [3.63, 3.8) is 0 Å². The van der Waals surface area contributed by atoms with Gasteiger partial charge in [-0.3, -0.25) is 4.79 Å². The monoisotopic (exact) mass is 280 g/mol. The first-order valence-corrected chi connectivity index (χ1v) is 6.53. The molecule has 4 nitrogen and oxygen atoms in total. The number of carbonyl (C=O) groups is 1. The summed E-state index contributed by atoms with van der Waals surface area (Å²) in [7, 11) is 0. The van der Waals surface area contributed by atoms with Crippen molar-refractivity contribution in [3.8, 4) is 11.8 Å². The molecule has 0 heterocycles. The van der Waals surface area contributed by atoms with E-state index in [1.807, 2.05) is 13.8 Å². The van der Waals surface area contributed by atoms with Crippen molar-refractivity contribution in [2.45, 2.75) is 32.2 Å². The van der Waals surface area contributed by atoms with Crippen LogP contribution in [0, 0.1) is 11.3 Å². The number of hydrogen-bond acceptors (Lipinski definition) is 3. The Labute approximate surface area is 118 Å². The largest absolute Gasteiger partial charge is 0.484 e. The SMILES string of the molecule is CCC(C#N)(CC)NC(=O)COc1ccc(Cl)cc1. The Bertz CT molecular complexity index is 461. The molecule has 1 aromatic rings. The van der Waals surface area contributed by atoms with Crippen LogP contribution in [0.1, 0.15) is 26.7 Å². The Morgan fingerprint density at radius 2 is 1.95 bits per heavy atom. The van der Waals surface area contributed by atoms with Crippen molar-refractivity contribution >= 4 is 17.5 Å². The molecule has 1 aromatic carbocycles. The van der Waals surface area contributed by atoms with Gasteiger partial charge in [0.05, 0.1) is 6.07 Å². The second-order valence-corrected chi connectivity index (χ2v) is 4.63. The Morgan fingerprint density at radius 1 is 1.37 bits per heavy atom. The average molecular weight is 281 g/mol. The van der Waals surface area contributed by atoms with Gasteiger partial charge in [-0.05, 0) is 37.1 Å². The molecular formula is C14H17ClN2O2. The minimum atomic E-state index is -0.805. The predicted octanol–water partition coefficient (Wildman–Crippen LogP) is 2.92. The maximum absolute atomic E-state index is 11.8. The maximum atomic E-state index is 11.8. The van der Waals surface area contributed by atoms with Gasteiger partial charge < -0.3 is 10.1 Å². The standard InChI is InChI=1S/C14H17ClN2O2/c1-3-14(4-2,10-16)17-13(18)9-19-12-7-5-11(15)6-8-12/h5-8H,3-4,9H2,1-2H3,(H,17,18). The van der Waals surface area contributed by atoms with Gasteiger partial charge in [-0.1, -0.05) is 25.4 Å². The number of benzene rings is 1. The molecule has 0 unspecified atom stereocenters. The van der Waals surface area contributed by atoms with Gasteiger partial charge in [0, 0.05) is 5.02 Å². The summed E-state index contributed by atoms with van der Waals surface area (Å²) < 4.78 is 5.32. The number of hydrogen-bond donors (Lipinski definition) is 1. The normalized spacial score (nSPS) is 10.6. The predicted molar refractivity (Wildman–Crippen MR) is 74.0 cm³/mol. The lowest BCUT2D eigenvalue weighted by molar-refractivity contribution is -0.124. The molecule has 0 spiro atoms. The van der Waals surface area contributed by atoms with Gasteiger partial charge >= 0.3 is 0 Å². The lowest BCUT2D eigenvalue weighted by Crippen LogP contribution is -2.48. The smallest absolute Gasteiger partial charge is 0.259 e. The molecular weight excluding hydrogens is 264 g/mol. The third-order valence-electron chi connectivity index (χ3n) is 2.98. The summed E-state index contributed by atoms with van der Waals surface area (Å²) in [6.07, 6.45) is 1.12. The first-order valence-electron chi connectivity index (χ1n) is 6.16. The third kappa shape index (κ3) is 4.46. The second kappa shape index (κ2) is 7.01. The van der Waals surface area contributed by atoms with Gasteiger partial charge in [-0.15, -0.1) is 0 Å². The molecule has 0 fully saturated rings. The number of rotatable bonds is 6. The fourth-order valence-electron chi connectivity index (χ4n) is 1.60. The van der Waals surface area contributed by atoms with Gasteiger partial charge in [-0.25, -0.2) is 0 Å². The van der Waals surface area contributed by atoms with Crippen molar-refractivity contribution in [1.29, 1.82) is 5.26 Å². The minimum Gasteiger partial charge on any atom is -0.484 e. The topological polar surface area (TPSA) is 62.1 Å². The van der Waals surface area contributed by atoms with Gasteiger partial charge in [0.1, 0.15) is 11.3 Å². The quantitative estimate of drug-likeness (QED) is 0.871. The lowest BCUT2D eigenvalue weighted by atomic mass is 9.95. The fourth-order valence-corrected chi connectivity index (χ4v) is 1.72. The summed E-state index contributed by atoms with van der Waals surface area (Å²) in [6, 6.07) is 8.90. The number of nitrogens with one attached hydrogen (secondary N) is 1. The number of nitrogens with zero attached hydrogens (tertiary/aromatic N) is 1. The summed E-state index contributed by atoms with van der Waals surface area (Å²) in [4.78, 5) is 11.8. The summed E-state index contributed by atoms with van der Waals surface area (Å²) in [6.45, 7) is 3.62. The van der Waals surface area contributed by atoms with Crippen molar-refractivity contribution in [3.05, 3.63) is 29.3 Å². The van der Waals surface area contributed by atoms with Crippen LogP contribution in [0.2, 0.25) is 5.02 Å². The summed E-state index contributed by atoms with van der Waals surface area (Å²) in [5.41, 5.74) is -0.805. The highest BCUT2D eigenvalue weighted by molar-refractivity contribution is 6.30. The molecule has 0 radical (unpaired) electrons. The number of nitriles is 1. The van der Waals surface area contributed by atoms with E-state index in [9.17, 15) is 4.79 Å². The molecule has 0 aliphatic carbocycles. The number of carbonyl (C=O) groups excluding carboxylic acids is 1. The molecule has 0 saturated heterocycles. The summed E-state index contributed by atoms with van der Waals surface area (Å²) in [5.74, 6) is 0.260. The first-order chi connectivity index (χ1) is 9.05. The van der Waals surface area contributed by atoms with Crippen molar-refractivity contribution in [1.82, 2.24) is 5.32 Å². The molecule has 1 N–H and O–H groups in total. The van der Waals surface area contributed by atoms with Crippen LogP contribution in [0.25, 0.3) is 0 Å². The summed E-state index contributed by atoms with van der Waals surface area (Å²) >= 11 is 5.75. The third-order valence-corrected chi connectivity index (χ3v) is 3.24. The maximum Gasteiger partial charge on any atom is 0.259 e. The van der Waals surface area contributed by atoms with Crippen LogP contribution in [0.4, 0.5) is 0 Å². The van der Waals surface area contributed by atoms with Crippen LogP contribution in [0.5, 0.6) is 5.75 Å². The highest BCUT2D eigenvalue weighted by Gasteiger charge is 2.27. The van der Waals surface area contributed by atoms with Crippen molar-refractivity contribution < 1.29 is 9.53 Å². The molecule has 1 rings (SSSR count). The molecule has 0 atom stereocenters. The van der Waals surface area contributed by atoms with Crippen molar-refractivity contribution in [2.75, 3.05) is 6.61 Å². The Kier molecular flexibility index (Phi) is 5.65. The van der Waals surface area contributed by atoms with E-state index >= 15 is 0 Å². The van der Waals surface area contributed by atoms with Crippen LogP contribution in [0.15, 0.2) is 24.3 Å².